The molecular weight excluding hydrogens is 568 g/mol. The average Bonchev–Trinajstić information content (AvgIpc) is 2.96. The Labute approximate surface area is 254 Å². The molecule has 0 aromatic carbocycles. The van der Waals surface area contributed by atoms with Gasteiger partial charge in [-0.05, 0) is 52.9 Å². The first-order valence-corrected chi connectivity index (χ1v) is 13.0. The molecule has 0 atom stereocenters. The highest BCUT2D eigenvalue weighted by Crippen LogP contribution is 2.18. The molecule has 0 saturated carbocycles. The molecule has 0 bridgehead atoms. The Bertz CT molecular complexity index is 748. The maximum atomic E-state index is 10.6. The van der Waals surface area contributed by atoms with E-state index in [0.717, 1.165) is 37.8 Å². The molecule has 0 aromatic heterocycles. The normalized spacial score (nSPS) is 9.09. The topological polar surface area (TPSA) is 225 Å². The molecule has 0 spiro atoms. The van der Waals surface area contributed by atoms with Gasteiger partial charge in [0.15, 0.2) is 0 Å². The number of hydrogen-bond acceptors (Lipinski definition) is 10. The SMILES string of the molecule is C=C(C)C(=O)O.C=C(C)C(=O)O.C=C(C)C(=O)O.C=CC(=O)OCCCCCCOC(=O)C=C.CCC(CO)(CO)CO. The maximum absolute atomic E-state index is 10.6. The number of hydrogen-bond donors (Lipinski definition) is 6. The number of aliphatic hydroxyl groups is 3. The summed E-state index contributed by atoms with van der Waals surface area (Å²) in [6, 6.07) is 0. The minimum Gasteiger partial charge on any atom is -0.478 e. The molecule has 13 heteroatoms. The van der Waals surface area contributed by atoms with Crippen LogP contribution in [-0.2, 0) is 33.4 Å². The van der Waals surface area contributed by atoms with Crippen molar-refractivity contribution in [2.24, 2.45) is 5.41 Å². The van der Waals surface area contributed by atoms with Crippen molar-refractivity contribution in [3.8, 4) is 0 Å². The minimum absolute atomic E-state index is 0.156. The summed E-state index contributed by atoms with van der Waals surface area (Å²) in [7, 11) is 0. The lowest BCUT2D eigenvalue weighted by Gasteiger charge is -2.24. The Morgan fingerprint density at radius 1 is 0.605 bits per heavy atom. The van der Waals surface area contributed by atoms with Crippen LogP contribution in [0.25, 0.3) is 0 Å². The Kier molecular flexibility index (Phi) is 36.7. The van der Waals surface area contributed by atoms with Crippen molar-refractivity contribution >= 4 is 29.8 Å². The quantitative estimate of drug-likeness (QED) is 0.0830. The molecule has 0 aliphatic rings. The second-order valence-corrected chi connectivity index (χ2v) is 8.74. The number of rotatable bonds is 16. The van der Waals surface area contributed by atoms with Crippen molar-refractivity contribution in [2.75, 3.05) is 33.0 Å². The summed E-state index contributed by atoms with van der Waals surface area (Å²) in [5, 5.41) is 49.6. The first kappa shape index (κ1) is 48.6. The number of carbonyl (C=O) groups is 5. The zero-order valence-corrected chi connectivity index (χ0v) is 25.8. The van der Waals surface area contributed by atoms with Crippen LogP contribution in [0.4, 0.5) is 0 Å². The third kappa shape index (κ3) is 40.1. The fraction of sp³-hybridized carbons (Fsp3) is 0.500. The Hall–Kier alpha value is -4.07. The lowest BCUT2D eigenvalue weighted by Crippen LogP contribution is -2.32. The van der Waals surface area contributed by atoms with Gasteiger partial charge >= 0.3 is 29.8 Å². The largest absolute Gasteiger partial charge is 0.478 e. The van der Waals surface area contributed by atoms with Crippen LogP contribution in [0.1, 0.15) is 59.8 Å². The lowest BCUT2D eigenvalue weighted by molar-refractivity contribution is -0.139. The summed E-state index contributed by atoms with van der Waals surface area (Å²) in [6.07, 6.45) is 6.40. The van der Waals surface area contributed by atoms with E-state index in [1.807, 2.05) is 6.92 Å². The smallest absolute Gasteiger partial charge is 0.330 e. The van der Waals surface area contributed by atoms with Gasteiger partial charge in [0.1, 0.15) is 0 Å². The average molecular weight is 619 g/mol. The van der Waals surface area contributed by atoms with Crippen molar-refractivity contribution in [1.29, 1.82) is 0 Å². The molecule has 0 heterocycles. The first-order chi connectivity index (χ1) is 19.9. The number of carboxylic acids is 3. The van der Waals surface area contributed by atoms with Gasteiger partial charge in [-0.15, -0.1) is 0 Å². The predicted molar refractivity (Wildman–Crippen MR) is 162 cm³/mol. The molecule has 0 amide bonds. The van der Waals surface area contributed by atoms with Gasteiger partial charge in [-0.25, -0.2) is 24.0 Å². The van der Waals surface area contributed by atoms with E-state index in [4.69, 9.17) is 40.1 Å². The van der Waals surface area contributed by atoms with Crippen molar-refractivity contribution in [2.45, 2.75) is 59.8 Å². The Morgan fingerprint density at radius 3 is 0.953 bits per heavy atom. The molecule has 0 aromatic rings. The van der Waals surface area contributed by atoms with Crippen LogP contribution in [0.5, 0.6) is 0 Å². The van der Waals surface area contributed by atoms with E-state index in [9.17, 15) is 24.0 Å². The monoisotopic (exact) mass is 618 g/mol. The minimum atomic E-state index is -0.935. The molecule has 0 fully saturated rings. The molecular formula is C30H50O13. The molecule has 0 saturated heterocycles. The van der Waals surface area contributed by atoms with Crippen LogP contribution < -0.4 is 0 Å². The number of aliphatic carboxylic acids is 3. The van der Waals surface area contributed by atoms with E-state index in [2.05, 4.69) is 32.9 Å². The third-order valence-electron chi connectivity index (χ3n) is 4.71. The van der Waals surface area contributed by atoms with Crippen LogP contribution in [0.3, 0.4) is 0 Å². The fourth-order valence-corrected chi connectivity index (χ4v) is 1.51. The molecule has 0 radical (unpaired) electrons. The van der Waals surface area contributed by atoms with E-state index < -0.39 is 23.3 Å². The van der Waals surface area contributed by atoms with Gasteiger partial charge in [0.2, 0.25) is 0 Å². The highest BCUT2D eigenvalue weighted by molar-refractivity contribution is 5.85. The van der Waals surface area contributed by atoms with E-state index in [1.54, 1.807) is 0 Å². The van der Waals surface area contributed by atoms with Gasteiger partial charge in [0.05, 0.1) is 33.0 Å². The second kappa shape index (κ2) is 32.4. The van der Waals surface area contributed by atoms with E-state index >= 15 is 0 Å². The molecule has 248 valence electrons. The van der Waals surface area contributed by atoms with Crippen LogP contribution in [0.2, 0.25) is 0 Å². The number of esters is 2. The highest BCUT2D eigenvalue weighted by Gasteiger charge is 2.24. The van der Waals surface area contributed by atoms with Crippen molar-refractivity contribution in [1.82, 2.24) is 0 Å². The van der Waals surface area contributed by atoms with Crippen LogP contribution in [-0.4, -0.2) is 93.5 Å². The molecule has 13 nitrogen and oxygen atoms in total. The van der Waals surface area contributed by atoms with Gasteiger partial charge in [-0.1, -0.05) is 39.8 Å². The Balaban J connectivity index is -0.000000152. The third-order valence-corrected chi connectivity index (χ3v) is 4.71. The van der Waals surface area contributed by atoms with Gasteiger partial charge in [-0.2, -0.15) is 0 Å². The van der Waals surface area contributed by atoms with E-state index in [1.165, 1.54) is 20.8 Å². The van der Waals surface area contributed by atoms with Gasteiger partial charge in [-0.3, -0.25) is 0 Å². The molecule has 6 N–H and O–H groups in total. The number of unbranched alkanes of at least 4 members (excludes halogenated alkanes) is 3. The fourth-order valence-electron chi connectivity index (χ4n) is 1.51. The summed E-state index contributed by atoms with van der Waals surface area (Å²) in [5.74, 6) is -3.58. The number of carboxylic acid groups (broad SMARTS) is 3. The number of carbonyl (C=O) groups excluding carboxylic acids is 2. The zero-order valence-electron chi connectivity index (χ0n) is 25.8. The molecule has 0 rings (SSSR count). The molecule has 0 aliphatic carbocycles. The zero-order chi connectivity index (χ0) is 35.0. The van der Waals surface area contributed by atoms with Crippen LogP contribution in [0, 0.1) is 5.41 Å². The summed E-state index contributed by atoms with van der Waals surface area (Å²) in [4.78, 5) is 50.1. The maximum Gasteiger partial charge on any atom is 0.330 e. The molecule has 0 unspecified atom stereocenters. The van der Waals surface area contributed by atoms with Crippen molar-refractivity contribution in [3.63, 3.8) is 0 Å². The summed E-state index contributed by atoms with van der Waals surface area (Å²) < 4.78 is 9.60. The van der Waals surface area contributed by atoms with Crippen LogP contribution >= 0.6 is 0 Å². The van der Waals surface area contributed by atoms with Crippen molar-refractivity contribution < 1.29 is 64.1 Å². The summed E-state index contributed by atoms with van der Waals surface area (Å²) in [6.45, 7) is 22.6. The molecule has 0 aliphatic heterocycles. The number of aliphatic hydroxyl groups excluding tert-OH is 3. The van der Waals surface area contributed by atoms with Gasteiger partial charge in [0, 0.05) is 34.3 Å². The van der Waals surface area contributed by atoms with Gasteiger partial charge < -0.3 is 40.1 Å². The van der Waals surface area contributed by atoms with E-state index in [0.29, 0.717) is 19.6 Å². The standard InChI is InChI=1S/C12H18O4.C6H14O3.3C4H6O2/c1-3-11(13)15-9-7-5-6-8-10-16-12(14)4-2;1-2-6(3-7,4-8)5-9;3*1-3(2)4(5)6/h3-4H,1-2,5-10H2;7-9H,2-5H2,1H3;3*1H2,2H3,(H,5,6). The highest BCUT2D eigenvalue weighted by atomic mass is 16.5. The van der Waals surface area contributed by atoms with Crippen molar-refractivity contribution in [3.05, 3.63) is 61.8 Å². The number of ether oxygens (including phenoxy) is 2. The van der Waals surface area contributed by atoms with Crippen LogP contribution in [0.15, 0.2) is 61.8 Å². The second-order valence-electron chi connectivity index (χ2n) is 8.74. The molecule has 43 heavy (non-hydrogen) atoms. The Morgan fingerprint density at radius 2 is 0.837 bits per heavy atom. The predicted octanol–water partition coefficient (Wildman–Crippen LogP) is 3.31. The lowest BCUT2D eigenvalue weighted by atomic mass is 9.88. The van der Waals surface area contributed by atoms with Gasteiger partial charge in [0.25, 0.3) is 0 Å². The summed E-state index contributed by atoms with van der Waals surface area (Å²) in [5.41, 5.74) is -0.139. The first-order valence-electron chi connectivity index (χ1n) is 13.0. The summed E-state index contributed by atoms with van der Waals surface area (Å²) >= 11 is 0. The van der Waals surface area contributed by atoms with E-state index in [-0.39, 0.29) is 48.5 Å².